The van der Waals surface area contributed by atoms with Gasteiger partial charge in [0.1, 0.15) is 0 Å². The number of rotatable bonds is 5. The summed E-state index contributed by atoms with van der Waals surface area (Å²) in [6, 6.07) is 7.29. The van der Waals surface area contributed by atoms with Gasteiger partial charge in [-0.05, 0) is 63.3 Å². The van der Waals surface area contributed by atoms with Gasteiger partial charge in [-0.1, -0.05) is 22.9 Å². The summed E-state index contributed by atoms with van der Waals surface area (Å²) in [6.07, 6.45) is 2.51. The molecule has 2 rings (SSSR count). The summed E-state index contributed by atoms with van der Waals surface area (Å²) in [5.41, 5.74) is 2.74. The topological polar surface area (TPSA) is 18.5 Å². The van der Waals surface area contributed by atoms with Crippen LogP contribution in [-0.4, -0.2) is 44.7 Å². The van der Waals surface area contributed by atoms with Gasteiger partial charge in [0.25, 0.3) is 0 Å². The van der Waals surface area contributed by atoms with Crippen LogP contribution in [0.15, 0.2) is 22.7 Å². The Bertz CT molecular complexity index is 428. The minimum atomic E-state index is 0.660. The van der Waals surface area contributed by atoms with E-state index in [2.05, 4.69) is 70.3 Å². The SMILES string of the molecule is CCNCc1cc(Br)ccc1N(C)C1CCN(C)CC1. The number of hydrogen-bond donors (Lipinski definition) is 1. The fourth-order valence-corrected chi connectivity index (χ4v) is 3.29. The Labute approximate surface area is 131 Å². The lowest BCUT2D eigenvalue weighted by atomic mass is 10.0. The first-order valence-electron chi connectivity index (χ1n) is 7.52. The molecule has 0 bridgehead atoms. The minimum absolute atomic E-state index is 0.660. The third-order valence-corrected chi connectivity index (χ3v) is 4.72. The van der Waals surface area contributed by atoms with Crippen molar-refractivity contribution in [3.05, 3.63) is 28.2 Å². The Balaban J connectivity index is 2.13. The number of nitrogens with zero attached hydrogens (tertiary/aromatic N) is 2. The van der Waals surface area contributed by atoms with Crippen LogP contribution in [0.2, 0.25) is 0 Å². The van der Waals surface area contributed by atoms with E-state index >= 15 is 0 Å². The molecule has 112 valence electrons. The fourth-order valence-electron chi connectivity index (χ4n) is 2.88. The van der Waals surface area contributed by atoms with E-state index in [0.717, 1.165) is 17.6 Å². The van der Waals surface area contributed by atoms with Crippen molar-refractivity contribution in [2.45, 2.75) is 32.4 Å². The van der Waals surface area contributed by atoms with Gasteiger partial charge in [0.2, 0.25) is 0 Å². The molecule has 0 aromatic heterocycles. The number of hydrogen-bond acceptors (Lipinski definition) is 3. The fraction of sp³-hybridized carbons (Fsp3) is 0.625. The molecule has 4 heteroatoms. The second-order valence-electron chi connectivity index (χ2n) is 5.70. The summed E-state index contributed by atoms with van der Waals surface area (Å²) >= 11 is 3.59. The molecule has 20 heavy (non-hydrogen) atoms. The molecule has 0 saturated carbocycles. The number of halogens is 1. The van der Waals surface area contributed by atoms with Crippen molar-refractivity contribution in [2.24, 2.45) is 0 Å². The standard InChI is InChI=1S/C16H26BrN3/c1-4-18-12-13-11-14(17)5-6-16(13)20(3)15-7-9-19(2)10-8-15/h5-6,11,15,18H,4,7-10,12H2,1-3H3. The summed E-state index contributed by atoms with van der Waals surface area (Å²) in [5.74, 6) is 0. The highest BCUT2D eigenvalue weighted by Gasteiger charge is 2.22. The van der Waals surface area contributed by atoms with E-state index in [-0.39, 0.29) is 0 Å². The van der Waals surface area contributed by atoms with Crippen molar-refractivity contribution in [2.75, 3.05) is 38.6 Å². The van der Waals surface area contributed by atoms with E-state index in [1.54, 1.807) is 0 Å². The first-order chi connectivity index (χ1) is 9.61. The minimum Gasteiger partial charge on any atom is -0.371 e. The van der Waals surface area contributed by atoms with Crippen molar-refractivity contribution in [3.63, 3.8) is 0 Å². The second-order valence-corrected chi connectivity index (χ2v) is 6.61. The molecule has 0 spiro atoms. The van der Waals surface area contributed by atoms with Crippen LogP contribution in [0.4, 0.5) is 5.69 Å². The zero-order chi connectivity index (χ0) is 14.5. The quantitative estimate of drug-likeness (QED) is 0.889. The first-order valence-corrected chi connectivity index (χ1v) is 8.31. The van der Waals surface area contributed by atoms with Gasteiger partial charge in [0, 0.05) is 29.8 Å². The van der Waals surface area contributed by atoms with Gasteiger partial charge in [0.05, 0.1) is 0 Å². The van der Waals surface area contributed by atoms with Crippen LogP contribution in [-0.2, 0) is 6.54 Å². The van der Waals surface area contributed by atoms with E-state index in [9.17, 15) is 0 Å². The lowest BCUT2D eigenvalue weighted by Gasteiger charge is -2.37. The molecular formula is C16H26BrN3. The van der Waals surface area contributed by atoms with E-state index in [0.29, 0.717) is 6.04 Å². The van der Waals surface area contributed by atoms with Crippen molar-refractivity contribution >= 4 is 21.6 Å². The monoisotopic (exact) mass is 339 g/mol. The molecule has 0 atom stereocenters. The highest BCUT2D eigenvalue weighted by atomic mass is 79.9. The lowest BCUT2D eigenvalue weighted by molar-refractivity contribution is 0.252. The molecule has 1 aliphatic heterocycles. The molecule has 3 nitrogen and oxygen atoms in total. The summed E-state index contributed by atoms with van der Waals surface area (Å²) in [4.78, 5) is 4.90. The maximum Gasteiger partial charge on any atom is 0.0412 e. The van der Waals surface area contributed by atoms with E-state index in [1.165, 1.54) is 37.2 Å². The van der Waals surface area contributed by atoms with Gasteiger partial charge in [-0.25, -0.2) is 0 Å². The van der Waals surface area contributed by atoms with Gasteiger partial charge in [-0.2, -0.15) is 0 Å². The highest BCUT2D eigenvalue weighted by Crippen LogP contribution is 2.28. The van der Waals surface area contributed by atoms with Crippen molar-refractivity contribution < 1.29 is 0 Å². The van der Waals surface area contributed by atoms with E-state index in [4.69, 9.17) is 0 Å². The Morgan fingerprint density at radius 2 is 2.05 bits per heavy atom. The molecule has 1 aliphatic rings. The van der Waals surface area contributed by atoms with Crippen molar-refractivity contribution in [1.82, 2.24) is 10.2 Å². The largest absolute Gasteiger partial charge is 0.371 e. The summed E-state index contributed by atoms with van der Waals surface area (Å²) in [6.45, 7) is 6.49. The van der Waals surface area contributed by atoms with Crippen LogP contribution in [0.5, 0.6) is 0 Å². The Hall–Kier alpha value is -0.580. The molecule has 0 aliphatic carbocycles. The maximum absolute atomic E-state index is 3.59. The average Bonchev–Trinajstić information content (AvgIpc) is 2.45. The number of nitrogens with one attached hydrogen (secondary N) is 1. The average molecular weight is 340 g/mol. The molecule has 1 N–H and O–H groups in total. The number of likely N-dealkylation sites (tertiary alicyclic amines) is 1. The zero-order valence-corrected chi connectivity index (χ0v) is 14.4. The van der Waals surface area contributed by atoms with Crippen molar-refractivity contribution in [1.29, 1.82) is 0 Å². The van der Waals surface area contributed by atoms with Gasteiger partial charge in [-0.3, -0.25) is 0 Å². The highest BCUT2D eigenvalue weighted by molar-refractivity contribution is 9.10. The molecule has 1 aromatic rings. The summed E-state index contributed by atoms with van der Waals surface area (Å²) in [7, 11) is 4.46. The van der Waals surface area contributed by atoms with Crippen LogP contribution >= 0.6 is 15.9 Å². The smallest absolute Gasteiger partial charge is 0.0412 e. The second kappa shape index (κ2) is 7.43. The van der Waals surface area contributed by atoms with E-state index < -0.39 is 0 Å². The molecule has 1 aromatic carbocycles. The predicted molar refractivity (Wildman–Crippen MR) is 90.4 cm³/mol. The molecule has 0 unspecified atom stereocenters. The van der Waals surface area contributed by atoms with Crippen LogP contribution in [0.1, 0.15) is 25.3 Å². The van der Waals surface area contributed by atoms with Crippen molar-refractivity contribution in [3.8, 4) is 0 Å². The van der Waals surface area contributed by atoms with Crippen LogP contribution in [0.3, 0.4) is 0 Å². The van der Waals surface area contributed by atoms with Crippen LogP contribution < -0.4 is 10.2 Å². The Morgan fingerprint density at radius 1 is 1.35 bits per heavy atom. The molecular weight excluding hydrogens is 314 g/mol. The predicted octanol–water partition coefficient (Wildman–Crippen LogP) is 3.09. The number of benzene rings is 1. The summed E-state index contributed by atoms with van der Waals surface area (Å²) in [5, 5.41) is 3.44. The normalized spacial score (nSPS) is 17.4. The lowest BCUT2D eigenvalue weighted by Crippen LogP contribution is -2.42. The van der Waals surface area contributed by atoms with Gasteiger partial charge in [-0.15, -0.1) is 0 Å². The molecule has 0 amide bonds. The van der Waals surface area contributed by atoms with Gasteiger partial charge in [0.15, 0.2) is 0 Å². The first kappa shape index (κ1) is 15.8. The molecule has 1 heterocycles. The molecule has 0 radical (unpaired) electrons. The van der Waals surface area contributed by atoms with Gasteiger partial charge < -0.3 is 15.1 Å². The molecule has 1 saturated heterocycles. The summed E-state index contributed by atoms with van der Waals surface area (Å²) < 4.78 is 1.16. The van der Waals surface area contributed by atoms with E-state index in [1.807, 2.05) is 0 Å². The van der Waals surface area contributed by atoms with Crippen LogP contribution in [0, 0.1) is 0 Å². The Morgan fingerprint density at radius 3 is 2.70 bits per heavy atom. The molecule has 1 fully saturated rings. The van der Waals surface area contributed by atoms with Gasteiger partial charge >= 0.3 is 0 Å². The maximum atomic E-state index is 3.59. The third kappa shape index (κ3) is 3.96. The number of piperidine rings is 1. The van der Waals surface area contributed by atoms with Crippen LogP contribution in [0.25, 0.3) is 0 Å². The Kier molecular flexibility index (Phi) is 5.87. The third-order valence-electron chi connectivity index (χ3n) is 4.22. The number of anilines is 1. The zero-order valence-electron chi connectivity index (χ0n) is 12.8.